The molecule has 0 heterocycles. The zero-order chi connectivity index (χ0) is 12.0. The molecule has 17 heavy (non-hydrogen) atoms. The monoisotopic (exact) mass is 297 g/mol. The lowest BCUT2D eigenvalue weighted by atomic mass is 9.94. The first-order chi connectivity index (χ1) is 7.69. The second kappa shape index (κ2) is 9.01. The van der Waals surface area contributed by atoms with Crippen molar-refractivity contribution in [3.8, 4) is 0 Å². The van der Waals surface area contributed by atoms with Crippen molar-refractivity contribution in [2.45, 2.75) is 18.8 Å². The van der Waals surface area contributed by atoms with Crippen LogP contribution in [0.1, 0.15) is 24.3 Å². The van der Waals surface area contributed by atoms with Crippen LogP contribution in [0.2, 0.25) is 10.0 Å². The number of aliphatic hydroxyl groups is 1. The van der Waals surface area contributed by atoms with E-state index in [9.17, 15) is 0 Å². The Morgan fingerprint density at radius 1 is 1.29 bits per heavy atom. The summed E-state index contributed by atoms with van der Waals surface area (Å²) < 4.78 is 0. The number of aliphatic hydroxyl groups excluding tert-OH is 1. The van der Waals surface area contributed by atoms with Crippen molar-refractivity contribution in [2.75, 3.05) is 20.2 Å². The largest absolute Gasteiger partial charge is 0.396 e. The quantitative estimate of drug-likeness (QED) is 0.842. The number of hydrogen-bond donors (Lipinski definition) is 2. The van der Waals surface area contributed by atoms with Crippen LogP contribution in [0.5, 0.6) is 0 Å². The van der Waals surface area contributed by atoms with Crippen LogP contribution in [-0.4, -0.2) is 25.3 Å². The zero-order valence-corrected chi connectivity index (χ0v) is 12.1. The molecule has 2 nitrogen and oxygen atoms in total. The van der Waals surface area contributed by atoms with Crippen molar-refractivity contribution in [3.63, 3.8) is 0 Å². The van der Waals surface area contributed by atoms with Crippen LogP contribution >= 0.6 is 35.6 Å². The molecule has 0 saturated carbocycles. The Balaban J connectivity index is 0.00000256. The fraction of sp³-hybridized carbons (Fsp3) is 0.500. The number of nitrogens with one attached hydrogen (secondary N) is 1. The molecule has 5 heteroatoms. The highest BCUT2D eigenvalue weighted by Crippen LogP contribution is 2.28. The second-order valence-electron chi connectivity index (χ2n) is 3.79. The van der Waals surface area contributed by atoms with Gasteiger partial charge in [0.15, 0.2) is 0 Å². The Kier molecular flexibility index (Phi) is 9.01. The standard InChI is InChI=1S/C12H17Cl2NO.ClH/c1-15-8-10(3-2-6-16)9-4-5-11(13)12(14)7-9;/h4-5,7,10,15-16H,2-3,6,8H2,1H3;1H. The minimum atomic E-state index is 0. The van der Waals surface area contributed by atoms with Crippen LogP contribution in [0.25, 0.3) is 0 Å². The van der Waals surface area contributed by atoms with Gasteiger partial charge in [-0.25, -0.2) is 0 Å². The lowest BCUT2D eigenvalue weighted by molar-refractivity contribution is 0.279. The van der Waals surface area contributed by atoms with E-state index in [0.29, 0.717) is 16.0 Å². The summed E-state index contributed by atoms with van der Waals surface area (Å²) in [6.07, 6.45) is 1.74. The van der Waals surface area contributed by atoms with E-state index in [1.54, 1.807) is 0 Å². The molecule has 1 atom stereocenters. The molecule has 0 aliphatic carbocycles. The van der Waals surface area contributed by atoms with Crippen molar-refractivity contribution in [3.05, 3.63) is 33.8 Å². The van der Waals surface area contributed by atoms with Gasteiger partial charge in [0.05, 0.1) is 10.0 Å². The summed E-state index contributed by atoms with van der Waals surface area (Å²) >= 11 is 11.9. The molecule has 1 aromatic rings. The maximum absolute atomic E-state index is 8.86. The Morgan fingerprint density at radius 3 is 2.53 bits per heavy atom. The molecule has 98 valence electrons. The maximum Gasteiger partial charge on any atom is 0.0595 e. The lowest BCUT2D eigenvalue weighted by Crippen LogP contribution is -2.17. The van der Waals surface area contributed by atoms with E-state index in [1.807, 2.05) is 25.2 Å². The van der Waals surface area contributed by atoms with Crippen molar-refractivity contribution in [1.29, 1.82) is 0 Å². The van der Waals surface area contributed by atoms with Gasteiger partial charge in [-0.2, -0.15) is 0 Å². The number of benzene rings is 1. The number of rotatable bonds is 6. The molecule has 1 aromatic carbocycles. The predicted molar refractivity (Wildman–Crippen MR) is 76.7 cm³/mol. The Labute approximate surface area is 119 Å². The van der Waals surface area contributed by atoms with Crippen LogP contribution in [0.4, 0.5) is 0 Å². The third kappa shape index (κ3) is 5.45. The molecule has 0 saturated heterocycles. The summed E-state index contributed by atoms with van der Waals surface area (Å²) in [6, 6.07) is 5.72. The Morgan fingerprint density at radius 2 is 2.00 bits per heavy atom. The van der Waals surface area contributed by atoms with E-state index < -0.39 is 0 Å². The van der Waals surface area contributed by atoms with E-state index in [0.717, 1.165) is 24.9 Å². The van der Waals surface area contributed by atoms with Crippen LogP contribution in [0.15, 0.2) is 18.2 Å². The highest BCUT2D eigenvalue weighted by molar-refractivity contribution is 6.42. The Hall–Kier alpha value is 0.01000. The molecule has 0 fully saturated rings. The summed E-state index contributed by atoms with van der Waals surface area (Å²) in [5.74, 6) is 0.368. The molecule has 0 bridgehead atoms. The van der Waals surface area contributed by atoms with Gasteiger partial charge >= 0.3 is 0 Å². The first-order valence-corrected chi connectivity index (χ1v) is 6.15. The molecule has 1 rings (SSSR count). The van der Waals surface area contributed by atoms with Gasteiger partial charge in [-0.15, -0.1) is 12.4 Å². The first kappa shape index (κ1) is 17.0. The molecule has 2 N–H and O–H groups in total. The van der Waals surface area contributed by atoms with Gasteiger partial charge in [-0.3, -0.25) is 0 Å². The SMILES string of the molecule is CNCC(CCCO)c1ccc(Cl)c(Cl)c1.Cl. The van der Waals surface area contributed by atoms with Gasteiger partial charge in [0, 0.05) is 13.2 Å². The predicted octanol–water partition coefficient (Wildman–Crippen LogP) is 3.49. The van der Waals surface area contributed by atoms with Crippen LogP contribution in [-0.2, 0) is 0 Å². The average Bonchev–Trinajstić information content (AvgIpc) is 2.28. The summed E-state index contributed by atoms with van der Waals surface area (Å²) in [6.45, 7) is 1.10. The minimum absolute atomic E-state index is 0. The lowest BCUT2D eigenvalue weighted by Gasteiger charge is -2.17. The normalized spacial score (nSPS) is 12.0. The van der Waals surface area contributed by atoms with E-state index in [1.165, 1.54) is 0 Å². The van der Waals surface area contributed by atoms with E-state index >= 15 is 0 Å². The molecule has 0 spiro atoms. The first-order valence-electron chi connectivity index (χ1n) is 5.39. The van der Waals surface area contributed by atoms with Gasteiger partial charge in [0.2, 0.25) is 0 Å². The fourth-order valence-corrected chi connectivity index (χ4v) is 2.04. The molecule has 1 unspecified atom stereocenters. The molecular formula is C12H18Cl3NO. The highest BCUT2D eigenvalue weighted by Gasteiger charge is 2.11. The fourth-order valence-electron chi connectivity index (χ4n) is 1.74. The summed E-state index contributed by atoms with van der Waals surface area (Å²) in [7, 11) is 1.92. The van der Waals surface area contributed by atoms with E-state index in [4.69, 9.17) is 28.3 Å². The molecular weight excluding hydrogens is 280 g/mol. The van der Waals surface area contributed by atoms with Crippen molar-refractivity contribution < 1.29 is 5.11 Å². The van der Waals surface area contributed by atoms with Gasteiger partial charge in [-0.05, 0) is 43.5 Å². The number of hydrogen-bond acceptors (Lipinski definition) is 2. The molecule has 0 aliphatic heterocycles. The second-order valence-corrected chi connectivity index (χ2v) is 4.61. The van der Waals surface area contributed by atoms with E-state index in [-0.39, 0.29) is 19.0 Å². The summed E-state index contributed by atoms with van der Waals surface area (Å²) in [5.41, 5.74) is 1.16. The van der Waals surface area contributed by atoms with Gasteiger partial charge in [-0.1, -0.05) is 29.3 Å². The van der Waals surface area contributed by atoms with Crippen molar-refractivity contribution >= 4 is 35.6 Å². The van der Waals surface area contributed by atoms with Crippen molar-refractivity contribution in [1.82, 2.24) is 5.32 Å². The third-order valence-corrected chi connectivity index (χ3v) is 3.32. The maximum atomic E-state index is 8.86. The van der Waals surface area contributed by atoms with Crippen LogP contribution in [0, 0.1) is 0 Å². The van der Waals surface area contributed by atoms with Crippen LogP contribution in [0.3, 0.4) is 0 Å². The number of halogens is 3. The number of likely N-dealkylation sites (N-methyl/N-ethyl adjacent to an activating group) is 1. The zero-order valence-electron chi connectivity index (χ0n) is 9.75. The van der Waals surface area contributed by atoms with Gasteiger partial charge in [0.25, 0.3) is 0 Å². The smallest absolute Gasteiger partial charge is 0.0595 e. The summed E-state index contributed by atoms with van der Waals surface area (Å²) in [4.78, 5) is 0. The average molecular weight is 299 g/mol. The topological polar surface area (TPSA) is 32.3 Å². The minimum Gasteiger partial charge on any atom is -0.396 e. The third-order valence-electron chi connectivity index (χ3n) is 2.58. The van der Waals surface area contributed by atoms with Gasteiger partial charge < -0.3 is 10.4 Å². The molecule has 0 aliphatic rings. The molecule has 0 aromatic heterocycles. The van der Waals surface area contributed by atoms with Crippen molar-refractivity contribution in [2.24, 2.45) is 0 Å². The van der Waals surface area contributed by atoms with E-state index in [2.05, 4.69) is 5.32 Å². The molecule has 0 amide bonds. The summed E-state index contributed by atoms with van der Waals surface area (Å²) in [5, 5.41) is 13.2. The van der Waals surface area contributed by atoms with Crippen LogP contribution < -0.4 is 5.32 Å². The van der Waals surface area contributed by atoms with Gasteiger partial charge in [0.1, 0.15) is 0 Å². The Bertz CT molecular complexity index is 334. The molecule has 0 radical (unpaired) electrons. The highest BCUT2D eigenvalue weighted by atomic mass is 35.5.